The minimum Gasteiger partial charge on any atom is -0.370 e. The maximum Gasteiger partial charge on any atom is 0.223 e. The van der Waals surface area contributed by atoms with Crippen molar-refractivity contribution in [3.8, 4) is 0 Å². The third-order valence-corrected chi connectivity index (χ3v) is 5.14. The lowest BCUT2D eigenvalue weighted by molar-refractivity contribution is 0.572. The predicted octanol–water partition coefficient (Wildman–Crippen LogP) is 0.870. The van der Waals surface area contributed by atoms with Gasteiger partial charge in [-0.3, -0.25) is 0 Å². The number of sulfone groups is 1. The van der Waals surface area contributed by atoms with Crippen LogP contribution in [0.25, 0.3) is 0 Å². The molecule has 1 saturated heterocycles. The van der Waals surface area contributed by atoms with Crippen LogP contribution in [-0.2, 0) is 9.84 Å². The Morgan fingerprint density at radius 2 is 2.10 bits per heavy atom. The summed E-state index contributed by atoms with van der Waals surface area (Å²) in [6.07, 6.45) is 1.54. The molecule has 1 aromatic rings. The molecule has 8 heteroatoms. The van der Waals surface area contributed by atoms with Gasteiger partial charge in [0.15, 0.2) is 9.84 Å². The molecule has 1 aromatic heterocycles. The molecule has 0 amide bonds. The van der Waals surface area contributed by atoms with Crippen molar-refractivity contribution < 1.29 is 8.42 Å². The van der Waals surface area contributed by atoms with Crippen molar-refractivity contribution in [2.75, 3.05) is 34.4 Å². The Labute approximate surface area is 119 Å². The normalized spacial score (nSPS) is 24.5. The monoisotopic (exact) mass is 299 g/mol. The third kappa shape index (κ3) is 3.72. The zero-order valence-electron chi connectivity index (χ0n) is 11.8. The Morgan fingerprint density at radius 1 is 1.40 bits per heavy atom. The molecule has 2 heterocycles. The Balaban J connectivity index is 2.15. The van der Waals surface area contributed by atoms with E-state index in [-0.39, 0.29) is 17.5 Å². The second kappa shape index (κ2) is 5.43. The number of nitrogens with one attached hydrogen (secondary N) is 2. The predicted molar refractivity (Wildman–Crippen MR) is 80.5 cm³/mol. The molecule has 0 aliphatic carbocycles. The van der Waals surface area contributed by atoms with Crippen molar-refractivity contribution in [2.45, 2.75) is 32.2 Å². The highest BCUT2D eigenvalue weighted by Crippen LogP contribution is 2.27. The highest BCUT2D eigenvalue weighted by molar-refractivity contribution is 7.91. The fourth-order valence-corrected chi connectivity index (χ4v) is 4.38. The first-order chi connectivity index (χ1) is 9.32. The van der Waals surface area contributed by atoms with Crippen LogP contribution in [-0.4, -0.2) is 42.0 Å². The first kappa shape index (κ1) is 14.8. The zero-order valence-corrected chi connectivity index (χ0v) is 12.6. The molecule has 1 unspecified atom stereocenters. The fourth-order valence-electron chi connectivity index (χ4n) is 2.29. The van der Waals surface area contributed by atoms with Crippen molar-refractivity contribution in [3.63, 3.8) is 0 Å². The zero-order chi connectivity index (χ0) is 14.8. The van der Waals surface area contributed by atoms with E-state index in [2.05, 4.69) is 27.5 Å². The first-order valence-corrected chi connectivity index (χ1v) is 8.51. The molecule has 2 rings (SSSR count). The van der Waals surface area contributed by atoms with E-state index in [1.807, 2.05) is 6.92 Å². The largest absolute Gasteiger partial charge is 0.370 e. The average Bonchev–Trinajstić information content (AvgIpc) is 2.60. The smallest absolute Gasteiger partial charge is 0.223 e. The van der Waals surface area contributed by atoms with Crippen molar-refractivity contribution in [1.82, 2.24) is 9.97 Å². The number of hydrogen-bond acceptors (Lipinski definition) is 7. The highest BCUT2D eigenvalue weighted by atomic mass is 32.2. The molecule has 1 aliphatic heterocycles. The van der Waals surface area contributed by atoms with Crippen LogP contribution < -0.4 is 16.4 Å². The summed E-state index contributed by atoms with van der Waals surface area (Å²) in [7, 11) is -2.96. The molecule has 4 N–H and O–H groups in total. The van der Waals surface area contributed by atoms with Gasteiger partial charge in [0.1, 0.15) is 11.6 Å². The highest BCUT2D eigenvalue weighted by Gasteiger charge is 2.38. The molecule has 1 fully saturated rings. The van der Waals surface area contributed by atoms with Gasteiger partial charge in [0, 0.05) is 12.6 Å². The van der Waals surface area contributed by atoms with Gasteiger partial charge in [0.05, 0.1) is 17.0 Å². The van der Waals surface area contributed by atoms with Crippen LogP contribution in [0, 0.1) is 0 Å². The number of rotatable bonds is 5. The van der Waals surface area contributed by atoms with Crippen LogP contribution in [0.2, 0.25) is 0 Å². The molecule has 1 aliphatic rings. The lowest BCUT2D eigenvalue weighted by Gasteiger charge is -2.24. The van der Waals surface area contributed by atoms with Gasteiger partial charge in [-0.1, -0.05) is 6.92 Å². The van der Waals surface area contributed by atoms with E-state index in [4.69, 9.17) is 5.73 Å². The van der Waals surface area contributed by atoms with E-state index in [0.717, 1.165) is 13.0 Å². The maximum atomic E-state index is 11.6. The van der Waals surface area contributed by atoms with E-state index in [0.29, 0.717) is 18.1 Å². The van der Waals surface area contributed by atoms with Crippen LogP contribution in [0.3, 0.4) is 0 Å². The number of nitrogen functional groups attached to an aromatic ring is 1. The fraction of sp³-hybridized carbons (Fsp3) is 0.667. The maximum absolute atomic E-state index is 11.6. The molecule has 0 saturated carbocycles. The number of aromatic nitrogens is 2. The van der Waals surface area contributed by atoms with Crippen molar-refractivity contribution >= 4 is 27.4 Å². The summed E-state index contributed by atoms with van der Waals surface area (Å²) in [6.45, 7) is 4.73. The van der Waals surface area contributed by atoms with Crippen LogP contribution in [0.15, 0.2) is 6.07 Å². The Hall–Kier alpha value is -1.57. The van der Waals surface area contributed by atoms with Gasteiger partial charge in [-0.05, 0) is 19.8 Å². The van der Waals surface area contributed by atoms with Crippen molar-refractivity contribution in [1.29, 1.82) is 0 Å². The summed E-state index contributed by atoms with van der Waals surface area (Å²) in [5.74, 6) is 1.68. The Kier molecular flexibility index (Phi) is 4.03. The van der Waals surface area contributed by atoms with E-state index in [1.165, 1.54) is 0 Å². The minimum atomic E-state index is -2.96. The van der Waals surface area contributed by atoms with Gasteiger partial charge < -0.3 is 16.4 Å². The third-order valence-electron chi connectivity index (χ3n) is 3.23. The summed E-state index contributed by atoms with van der Waals surface area (Å²) >= 11 is 0. The molecular weight excluding hydrogens is 278 g/mol. The quantitative estimate of drug-likeness (QED) is 0.740. The summed E-state index contributed by atoms with van der Waals surface area (Å²) < 4.78 is 23.2. The van der Waals surface area contributed by atoms with Crippen LogP contribution in [0.1, 0.15) is 26.7 Å². The Morgan fingerprint density at radius 3 is 2.70 bits per heavy atom. The van der Waals surface area contributed by atoms with Crippen molar-refractivity contribution in [3.05, 3.63) is 6.07 Å². The molecular formula is C12H21N5O2S. The van der Waals surface area contributed by atoms with Gasteiger partial charge in [0.25, 0.3) is 0 Å². The number of hydrogen-bond donors (Lipinski definition) is 3. The van der Waals surface area contributed by atoms with Gasteiger partial charge in [-0.15, -0.1) is 0 Å². The van der Waals surface area contributed by atoms with Gasteiger partial charge in [-0.2, -0.15) is 9.97 Å². The van der Waals surface area contributed by atoms with E-state index in [9.17, 15) is 8.42 Å². The van der Waals surface area contributed by atoms with E-state index >= 15 is 0 Å². The van der Waals surface area contributed by atoms with Crippen molar-refractivity contribution in [2.24, 2.45) is 0 Å². The number of nitrogens with zero attached hydrogens (tertiary/aromatic N) is 2. The van der Waals surface area contributed by atoms with Crippen LogP contribution in [0.5, 0.6) is 0 Å². The number of anilines is 3. The summed E-state index contributed by atoms with van der Waals surface area (Å²) in [5.41, 5.74) is 5.18. The lowest BCUT2D eigenvalue weighted by Crippen LogP contribution is -2.36. The second-order valence-electron chi connectivity index (χ2n) is 5.45. The molecule has 7 nitrogen and oxygen atoms in total. The summed E-state index contributed by atoms with van der Waals surface area (Å²) in [6, 6.07) is 1.75. The van der Waals surface area contributed by atoms with E-state index < -0.39 is 15.4 Å². The molecule has 1 atom stereocenters. The van der Waals surface area contributed by atoms with Gasteiger partial charge in [0.2, 0.25) is 5.95 Å². The minimum absolute atomic E-state index is 0.113. The molecule has 0 aromatic carbocycles. The van der Waals surface area contributed by atoms with Crippen LogP contribution >= 0.6 is 0 Å². The first-order valence-electron chi connectivity index (χ1n) is 6.69. The Bertz CT molecular complexity index is 590. The average molecular weight is 299 g/mol. The molecule has 0 spiro atoms. The topological polar surface area (TPSA) is 110 Å². The molecule has 0 radical (unpaired) electrons. The second-order valence-corrected chi connectivity index (χ2v) is 7.64. The molecule has 112 valence electrons. The van der Waals surface area contributed by atoms with Crippen LogP contribution in [0.4, 0.5) is 17.6 Å². The number of nitrogens with two attached hydrogens (primary N) is 1. The summed E-state index contributed by atoms with van der Waals surface area (Å²) in [5, 5.41) is 6.32. The summed E-state index contributed by atoms with van der Waals surface area (Å²) in [4.78, 5) is 8.21. The lowest BCUT2D eigenvalue weighted by atomic mass is 10.0. The SMILES string of the molecule is CCCNc1cc(NC2(C)CCS(=O)(=O)C2)nc(N)n1. The molecule has 0 bridgehead atoms. The van der Waals surface area contributed by atoms with Gasteiger partial charge >= 0.3 is 0 Å². The van der Waals surface area contributed by atoms with Gasteiger partial charge in [-0.25, -0.2) is 8.42 Å². The standard InChI is InChI=1S/C12H21N5O2S/c1-3-5-14-9-7-10(16-11(13)15-9)17-12(2)4-6-20(18,19)8-12/h7H,3-6,8H2,1-2H3,(H4,13,14,15,16,17). The molecule has 20 heavy (non-hydrogen) atoms. The van der Waals surface area contributed by atoms with E-state index in [1.54, 1.807) is 6.07 Å².